The van der Waals surface area contributed by atoms with Crippen LogP contribution in [0.1, 0.15) is 18.9 Å². The molecule has 0 radical (unpaired) electrons. The molecule has 4 aromatic rings. The van der Waals surface area contributed by atoms with Crippen LogP contribution in [-0.2, 0) is 6.61 Å². The molecule has 0 unspecified atom stereocenters. The molecule has 0 atom stereocenters. The Hall–Kier alpha value is -2.85. The number of fused-ring (bicyclic) bond motifs is 1. The molecule has 3 aromatic carbocycles. The minimum atomic E-state index is -0.260. The number of ether oxygens (including phenoxy) is 2. The Bertz CT molecular complexity index is 1050. The third-order valence-corrected chi connectivity index (χ3v) is 5.57. The lowest BCUT2D eigenvalue weighted by molar-refractivity contribution is 0.306. The SMILES string of the molecule is CCCOc1ccc2cc(-c3ccc(COc4ccc(F)cc4)cc3)sc2c1. The summed E-state index contributed by atoms with van der Waals surface area (Å²) >= 11 is 1.77. The largest absolute Gasteiger partial charge is 0.494 e. The average Bonchev–Trinajstić information content (AvgIpc) is 3.15. The van der Waals surface area contributed by atoms with E-state index in [9.17, 15) is 4.39 Å². The van der Waals surface area contributed by atoms with Crippen molar-refractivity contribution in [1.82, 2.24) is 0 Å². The van der Waals surface area contributed by atoms with Crippen LogP contribution in [-0.4, -0.2) is 6.61 Å². The minimum absolute atomic E-state index is 0.260. The van der Waals surface area contributed by atoms with Crippen molar-refractivity contribution < 1.29 is 13.9 Å². The fraction of sp³-hybridized carbons (Fsp3) is 0.167. The Labute approximate surface area is 168 Å². The summed E-state index contributed by atoms with van der Waals surface area (Å²) in [5.74, 6) is 1.33. The van der Waals surface area contributed by atoms with Crippen molar-refractivity contribution in [2.75, 3.05) is 6.61 Å². The van der Waals surface area contributed by atoms with Crippen LogP contribution in [0.15, 0.2) is 72.8 Å². The number of rotatable bonds is 7. The van der Waals surface area contributed by atoms with Crippen LogP contribution in [0.25, 0.3) is 20.5 Å². The van der Waals surface area contributed by atoms with E-state index in [0.717, 1.165) is 24.3 Å². The van der Waals surface area contributed by atoms with E-state index in [4.69, 9.17) is 9.47 Å². The molecule has 0 aliphatic heterocycles. The van der Waals surface area contributed by atoms with E-state index >= 15 is 0 Å². The molecule has 0 spiro atoms. The normalized spacial score (nSPS) is 10.9. The summed E-state index contributed by atoms with van der Waals surface area (Å²) in [7, 11) is 0. The van der Waals surface area contributed by atoms with Gasteiger partial charge in [-0.2, -0.15) is 0 Å². The van der Waals surface area contributed by atoms with E-state index in [2.05, 4.69) is 49.4 Å². The first-order valence-corrected chi connectivity index (χ1v) is 10.2. The molecule has 0 saturated heterocycles. The summed E-state index contributed by atoms with van der Waals surface area (Å²) in [4.78, 5) is 1.23. The molecule has 4 rings (SSSR count). The number of hydrogen-bond donors (Lipinski definition) is 0. The van der Waals surface area contributed by atoms with Gasteiger partial charge in [0.25, 0.3) is 0 Å². The van der Waals surface area contributed by atoms with Gasteiger partial charge in [0, 0.05) is 9.58 Å². The second-order valence-corrected chi connectivity index (χ2v) is 7.68. The van der Waals surface area contributed by atoms with E-state index < -0.39 is 0 Å². The summed E-state index contributed by atoms with van der Waals surface area (Å²) in [5.41, 5.74) is 2.26. The van der Waals surface area contributed by atoms with E-state index in [1.807, 2.05) is 6.07 Å². The molecule has 0 aliphatic rings. The molecule has 4 heteroatoms. The van der Waals surface area contributed by atoms with Crippen molar-refractivity contribution in [3.8, 4) is 21.9 Å². The molecule has 2 nitrogen and oxygen atoms in total. The highest BCUT2D eigenvalue weighted by Gasteiger charge is 2.06. The van der Waals surface area contributed by atoms with Gasteiger partial charge < -0.3 is 9.47 Å². The van der Waals surface area contributed by atoms with Gasteiger partial charge in [-0.1, -0.05) is 31.2 Å². The third kappa shape index (κ3) is 4.34. The predicted molar refractivity (Wildman–Crippen MR) is 114 cm³/mol. The summed E-state index contributed by atoms with van der Waals surface area (Å²) in [6.45, 7) is 3.30. The van der Waals surface area contributed by atoms with Gasteiger partial charge in [-0.05, 0) is 71.5 Å². The Morgan fingerprint density at radius 2 is 1.57 bits per heavy atom. The first-order valence-electron chi connectivity index (χ1n) is 9.35. The van der Waals surface area contributed by atoms with E-state index in [0.29, 0.717) is 12.4 Å². The molecule has 0 amide bonds. The van der Waals surface area contributed by atoms with Crippen LogP contribution in [0.5, 0.6) is 11.5 Å². The molecule has 1 heterocycles. The van der Waals surface area contributed by atoms with Crippen molar-refractivity contribution >= 4 is 21.4 Å². The van der Waals surface area contributed by atoms with Crippen molar-refractivity contribution in [3.05, 3.63) is 84.2 Å². The lowest BCUT2D eigenvalue weighted by Gasteiger charge is -2.07. The van der Waals surface area contributed by atoms with Crippen molar-refractivity contribution in [3.63, 3.8) is 0 Å². The molecule has 28 heavy (non-hydrogen) atoms. The molecule has 0 saturated carbocycles. The van der Waals surface area contributed by atoms with E-state index in [1.54, 1.807) is 23.5 Å². The number of benzene rings is 3. The number of halogens is 1. The summed E-state index contributed by atoms with van der Waals surface area (Å²) in [6, 6.07) is 22.9. The van der Waals surface area contributed by atoms with Crippen LogP contribution in [0.4, 0.5) is 4.39 Å². The third-order valence-electron chi connectivity index (χ3n) is 4.42. The fourth-order valence-electron chi connectivity index (χ4n) is 2.93. The topological polar surface area (TPSA) is 18.5 Å². The molecule has 0 aliphatic carbocycles. The molecule has 0 fully saturated rings. The second-order valence-electron chi connectivity index (χ2n) is 6.60. The first kappa shape index (κ1) is 18.5. The lowest BCUT2D eigenvalue weighted by Crippen LogP contribution is -1.95. The van der Waals surface area contributed by atoms with Gasteiger partial charge in [0.15, 0.2) is 0 Å². The Morgan fingerprint density at radius 3 is 2.32 bits per heavy atom. The highest BCUT2D eigenvalue weighted by Crippen LogP contribution is 2.35. The van der Waals surface area contributed by atoms with Crippen molar-refractivity contribution in [1.29, 1.82) is 0 Å². The van der Waals surface area contributed by atoms with Gasteiger partial charge in [0.1, 0.15) is 23.9 Å². The monoisotopic (exact) mass is 392 g/mol. The van der Waals surface area contributed by atoms with Crippen molar-refractivity contribution in [2.24, 2.45) is 0 Å². The van der Waals surface area contributed by atoms with Crippen LogP contribution in [0.2, 0.25) is 0 Å². The van der Waals surface area contributed by atoms with Gasteiger partial charge >= 0.3 is 0 Å². The smallest absolute Gasteiger partial charge is 0.123 e. The zero-order chi connectivity index (χ0) is 19.3. The number of hydrogen-bond acceptors (Lipinski definition) is 3. The predicted octanol–water partition coefficient (Wildman–Crippen LogP) is 7.08. The maximum Gasteiger partial charge on any atom is 0.123 e. The Morgan fingerprint density at radius 1 is 0.821 bits per heavy atom. The van der Waals surface area contributed by atoms with Gasteiger partial charge in [0.2, 0.25) is 0 Å². The van der Waals surface area contributed by atoms with Gasteiger partial charge in [-0.25, -0.2) is 4.39 Å². The zero-order valence-corrected chi connectivity index (χ0v) is 16.5. The standard InChI is InChI=1S/C24H21FO2S/c1-2-13-26-22-10-7-19-14-23(28-24(19)15-22)18-5-3-17(4-6-18)16-27-21-11-8-20(25)9-12-21/h3-12,14-15H,2,13,16H2,1H3. The zero-order valence-electron chi connectivity index (χ0n) is 15.7. The highest BCUT2D eigenvalue weighted by atomic mass is 32.1. The van der Waals surface area contributed by atoms with E-state index in [1.165, 1.54) is 32.7 Å². The minimum Gasteiger partial charge on any atom is -0.494 e. The molecular formula is C24H21FO2S. The average molecular weight is 392 g/mol. The quantitative estimate of drug-likeness (QED) is 0.335. The summed E-state index contributed by atoms with van der Waals surface area (Å²) in [6.07, 6.45) is 1.00. The second kappa shape index (κ2) is 8.44. The van der Waals surface area contributed by atoms with Crippen LogP contribution >= 0.6 is 11.3 Å². The summed E-state index contributed by atoms with van der Waals surface area (Å²) in [5, 5.41) is 1.23. The molecular weight excluding hydrogens is 371 g/mol. The first-order chi connectivity index (χ1) is 13.7. The molecule has 142 valence electrons. The van der Waals surface area contributed by atoms with Crippen molar-refractivity contribution in [2.45, 2.75) is 20.0 Å². The van der Waals surface area contributed by atoms with Crippen LogP contribution in [0.3, 0.4) is 0 Å². The van der Waals surface area contributed by atoms with Gasteiger partial charge in [-0.15, -0.1) is 11.3 Å². The van der Waals surface area contributed by atoms with Crippen LogP contribution in [0, 0.1) is 5.82 Å². The Kier molecular flexibility index (Phi) is 5.58. The fourth-order valence-corrected chi connectivity index (χ4v) is 4.02. The molecule has 1 aromatic heterocycles. The molecule has 0 bridgehead atoms. The highest BCUT2D eigenvalue weighted by molar-refractivity contribution is 7.22. The number of thiophene rings is 1. The lowest BCUT2D eigenvalue weighted by atomic mass is 10.1. The Balaban J connectivity index is 1.46. The maximum absolute atomic E-state index is 12.9. The van der Waals surface area contributed by atoms with Gasteiger partial charge in [-0.3, -0.25) is 0 Å². The summed E-state index contributed by atoms with van der Waals surface area (Å²) < 4.78 is 25.6. The molecule has 0 N–H and O–H groups in total. The maximum atomic E-state index is 12.9. The van der Waals surface area contributed by atoms with Crippen LogP contribution < -0.4 is 9.47 Å². The van der Waals surface area contributed by atoms with Gasteiger partial charge in [0.05, 0.1) is 6.61 Å². The van der Waals surface area contributed by atoms with E-state index in [-0.39, 0.29) is 5.82 Å².